The molecule has 3 rings (SSSR count). The summed E-state index contributed by atoms with van der Waals surface area (Å²) in [7, 11) is 4.09. The minimum atomic E-state index is 0.125. The van der Waals surface area contributed by atoms with Gasteiger partial charge in [-0.1, -0.05) is 30.3 Å². The Bertz CT molecular complexity index is 774. The topological polar surface area (TPSA) is 79.6 Å². The van der Waals surface area contributed by atoms with Crippen LogP contribution in [0, 0.1) is 6.92 Å². The van der Waals surface area contributed by atoms with E-state index in [4.69, 9.17) is 9.73 Å². The number of likely N-dealkylation sites (N-methyl/N-ethyl adjacent to an activating group) is 1. The third-order valence-corrected chi connectivity index (χ3v) is 5.08. The number of aliphatic imine (C=N–C) groups is 1. The largest absolute Gasteiger partial charge is 0.373 e. The molecule has 1 fully saturated rings. The highest BCUT2D eigenvalue weighted by Gasteiger charge is 2.24. The number of ether oxygens (including phenoxy) is 1. The van der Waals surface area contributed by atoms with Gasteiger partial charge < -0.3 is 24.8 Å². The fourth-order valence-corrected chi connectivity index (χ4v) is 3.10. The molecule has 0 aliphatic carbocycles. The molecule has 8 nitrogen and oxygen atoms in total. The third-order valence-electron chi connectivity index (χ3n) is 5.08. The standard InChI is InChI=1S/C20H31N7O/c1-15(18-14-26(3)10-11-28-18)23-20(21-12-17-8-6-5-7-9-17)22-13-19-25-24-16(2)27(19)4/h5-9,15,18H,10-14H2,1-4H3,(H2,21,22,23). The molecule has 8 heteroatoms. The number of rotatable bonds is 6. The average Bonchev–Trinajstić information content (AvgIpc) is 3.02. The van der Waals surface area contributed by atoms with Crippen LogP contribution in [0.2, 0.25) is 0 Å². The SMILES string of the molecule is Cc1nnc(CNC(=NCc2ccccc2)NC(C)C2CN(C)CCO2)n1C. The quantitative estimate of drug-likeness (QED) is 0.572. The first-order valence-electron chi connectivity index (χ1n) is 9.76. The summed E-state index contributed by atoms with van der Waals surface area (Å²) < 4.78 is 7.92. The van der Waals surface area contributed by atoms with E-state index in [1.165, 1.54) is 5.56 Å². The molecule has 28 heavy (non-hydrogen) atoms. The van der Waals surface area contributed by atoms with Gasteiger partial charge in [-0.15, -0.1) is 10.2 Å². The lowest BCUT2D eigenvalue weighted by atomic mass is 10.1. The van der Waals surface area contributed by atoms with E-state index in [9.17, 15) is 0 Å². The van der Waals surface area contributed by atoms with Crippen LogP contribution in [0.4, 0.5) is 0 Å². The van der Waals surface area contributed by atoms with E-state index in [1.807, 2.05) is 36.7 Å². The summed E-state index contributed by atoms with van der Waals surface area (Å²) in [6.07, 6.45) is 0.125. The van der Waals surface area contributed by atoms with Crippen LogP contribution in [0.5, 0.6) is 0 Å². The normalized spacial score (nSPS) is 19.4. The van der Waals surface area contributed by atoms with Crippen LogP contribution in [0.1, 0.15) is 24.1 Å². The van der Waals surface area contributed by atoms with Crippen LogP contribution in [-0.2, 0) is 24.9 Å². The Balaban J connectivity index is 1.67. The molecule has 2 unspecified atom stereocenters. The molecule has 0 spiro atoms. The Morgan fingerprint density at radius 1 is 1.29 bits per heavy atom. The molecule has 1 saturated heterocycles. The molecular formula is C20H31N7O. The monoisotopic (exact) mass is 385 g/mol. The van der Waals surface area contributed by atoms with Crippen molar-refractivity contribution in [3.63, 3.8) is 0 Å². The van der Waals surface area contributed by atoms with Gasteiger partial charge in [0.1, 0.15) is 5.82 Å². The van der Waals surface area contributed by atoms with Crippen molar-refractivity contribution < 1.29 is 4.74 Å². The molecule has 0 amide bonds. The van der Waals surface area contributed by atoms with E-state index in [1.54, 1.807) is 0 Å². The third kappa shape index (κ3) is 5.53. The average molecular weight is 386 g/mol. The molecule has 1 aliphatic heterocycles. The lowest BCUT2D eigenvalue weighted by Crippen LogP contribution is -2.53. The molecule has 2 aromatic rings. The Hall–Kier alpha value is -2.45. The highest BCUT2D eigenvalue weighted by molar-refractivity contribution is 5.80. The van der Waals surface area contributed by atoms with Crippen molar-refractivity contribution in [3.8, 4) is 0 Å². The van der Waals surface area contributed by atoms with Gasteiger partial charge in [0.15, 0.2) is 11.8 Å². The number of hydrogen-bond donors (Lipinski definition) is 2. The van der Waals surface area contributed by atoms with Gasteiger partial charge in [-0.2, -0.15) is 0 Å². The van der Waals surface area contributed by atoms with Crippen LogP contribution in [0.25, 0.3) is 0 Å². The van der Waals surface area contributed by atoms with Crippen LogP contribution in [-0.4, -0.2) is 64.5 Å². The maximum atomic E-state index is 5.95. The Morgan fingerprint density at radius 3 is 2.75 bits per heavy atom. The Kier molecular flexibility index (Phi) is 7.00. The number of nitrogens with zero attached hydrogens (tertiary/aromatic N) is 5. The highest BCUT2D eigenvalue weighted by atomic mass is 16.5. The minimum absolute atomic E-state index is 0.125. The molecule has 152 valence electrons. The van der Waals surface area contributed by atoms with E-state index < -0.39 is 0 Å². The van der Waals surface area contributed by atoms with Gasteiger partial charge in [-0.3, -0.25) is 0 Å². The first kappa shape index (κ1) is 20.3. The lowest BCUT2D eigenvalue weighted by Gasteiger charge is -2.34. The van der Waals surface area contributed by atoms with Crippen molar-refractivity contribution in [2.24, 2.45) is 12.0 Å². The predicted molar refractivity (Wildman–Crippen MR) is 110 cm³/mol. The van der Waals surface area contributed by atoms with Gasteiger partial charge in [0.2, 0.25) is 0 Å². The number of hydrogen-bond acceptors (Lipinski definition) is 5. The number of morpholine rings is 1. The zero-order valence-electron chi connectivity index (χ0n) is 17.2. The zero-order chi connectivity index (χ0) is 19.9. The first-order chi connectivity index (χ1) is 13.5. The molecule has 0 radical (unpaired) electrons. The number of aromatic nitrogens is 3. The molecule has 0 saturated carbocycles. The highest BCUT2D eigenvalue weighted by Crippen LogP contribution is 2.08. The molecule has 1 aliphatic rings. The molecule has 2 N–H and O–H groups in total. The van der Waals surface area contributed by atoms with Gasteiger partial charge in [0.25, 0.3) is 0 Å². The fourth-order valence-electron chi connectivity index (χ4n) is 3.10. The minimum Gasteiger partial charge on any atom is -0.373 e. The predicted octanol–water partition coefficient (Wildman–Crippen LogP) is 1.08. The summed E-state index contributed by atoms with van der Waals surface area (Å²) in [5, 5.41) is 15.2. The lowest BCUT2D eigenvalue weighted by molar-refractivity contribution is -0.0324. The van der Waals surface area contributed by atoms with Gasteiger partial charge in [-0.25, -0.2) is 4.99 Å². The van der Waals surface area contributed by atoms with Gasteiger partial charge in [0, 0.05) is 20.1 Å². The second-order valence-corrected chi connectivity index (χ2v) is 7.33. The molecule has 0 bridgehead atoms. The fraction of sp³-hybridized carbons (Fsp3) is 0.550. The summed E-state index contributed by atoms with van der Waals surface area (Å²) in [5.74, 6) is 2.50. The summed E-state index contributed by atoms with van der Waals surface area (Å²) in [6, 6.07) is 10.4. The van der Waals surface area contributed by atoms with Crippen molar-refractivity contribution in [1.29, 1.82) is 0 Å². The van der Waals surface area contributed by atoms with Crippen molar-refractivity contribution in [2.75, 3.05) is 26.7 Å². The Labute approximate surface area is 167 Å². The van der Waals surface area contributed by atoms with Gasteiger partial charge in [0.05, 0.1) is 31.8 Å². The smallest absolute Gasteiger partial charge is 0.192 e. The maximum Gasteiger partial charge on any atom is 0.192 e. The molecule has 2 atom stereocenters. The first-order valence-corrected chi connectivity index (χ1v) is 9.76. The second kappa shape index (κ2) is 9.66. The molecule has 1 aromatic carbocycles. The van der Waals surface area contributed by atoms with E-state index in [0.29, 0.717) is 13.1 Å². The van der Waals surface area contributed by atoms with Crippen LogP contribution < -0.4 is 10.6 Å². The van der Waals surface area contributed by atoms with Crippen molar-refractivity contribution in [3.05, 3.63) is 47.5 Å². The van der Waals surface area contributed by atoms with E-state index in [-0.39, 0.29) is 12.1 Å². The maximum absolute atomic E-state index is 5.95. The van der Waals surface area contributed by atoms with E-state index >= 15 is 0 Å². The number of benzene rings is 1. The van der Waals surface area contributed by atoms with Gasteiger partial charge >= 0.3 is 0 Å². The summed E-state index contributed by atoms with van der Waals surface area (Å²) in [4.78, 5) is 7.06. The van der Waals surface area contributed by atoms with Crippen molar-refractivity contribution in [1.82, 2.24) is 30.3 Å². The van der Waals surface area contributed by atoms with E-state index in [0.717, 1.165) is 37.3 Å². The molecule has 2 heterocycles. The summed E-state index contributed by atoms with van der Waals surface area (Å²) in [5.41, 5.74) is 1.17. The van der Waals surface area contributed by atoms with Crippen LogP contribution >= 0.6 is 0 Å². The van der Waals surface area contributed by atoms with Gasteiger partial charge in [-0.05, 0) is 26.5 Å². The number of nitrogens with one attached hydrogen (secondary N) is 2. The molecular weight excluding hydrogens is 354 g/mol. The van der Waals surface area contributed by atoms with Crippen LogP contribution in [0.15, 0.2) is 35.3 Å². The van der Waals surface area contributed by atoms with Crippen LogP contribution in [0.3, 0.4) is 0 Å². The molecule has 1 aromatic heterocycles. The number of aryl methyl sites for hydroxylation is 1. The zero-order valence-corrected chi connectivity index (χ0v) is 17.2. The van der Waals surface area contributed by atoms with Crippen molar-refractivity contribution in [2.45, 2.75) is 39.1 Å². The Morgan fingerprint density at radius 2 is 2.07 bits per heavy atom. The summed E-state index contributed by atoms with van der Waals surface area (Å²) >= 11 is 0. The summed E-state index contributed by atoms with van der Waals surface area (Å²) in [6.45, 7) is 7.87. The number of guanidine groups is 1. The van der Waals surface area contributed by atoms with E-state index in [2.05, 4.69) is 51.8 Å². The van der Waals surface area contributed by atoms with Crippen molar-refractivity contribution >= 4 is 5.96 Å². The second-order valence-electron chi connectivity index (χ2n) is 7.33.